The summed E-state index contributed by atoms with van der Waals surface area (Å²) in [7, 11) is 0. The summed E-state index contributed by atoms with van der Waals surface area (Å²) in [5.74, 6) is 0.887. The Bertz CT molecular complexity index is 843. The summed E-state index contributed by atoms with van der Waals surface area (Å²) in [5.41, 5.74) is 1.37. The van der Waals surface area contributed by atoms with E-state index in [2.05, 4.69) is 50.5 Å². The van der Waals surface area contributed by atoms with Crippen LogP contribution in [0.5, 0.6) is 0 Å². The zero-order valence-corrected chi connectivity index (χ0v) is 15.5. The van der Waals surface area contributed by atoms with Crippen molar-refractivity contribution < 1.29 is 4.39 Å². The molecule has 0 aliphatic carbocycles. The van der Waals surface area contributed by atoms with E-state index in [9.17, 15) is 4.39 Å². The van der Waals surface area contributed by atoms with Gasteiger partial charge in [-0.2, -0.15) is 0 Å². The van der Waals surface area contributed by atoms with Crippen LogP contribution in [0.25, 0.3) is 10.2 Å². The molecule has 26 heavy (non-hydrogen) atoms. The molecule has 1 N–H and O–H groups in total. The first-order chi connectivity index (χ1) is 12.8. The Kier molecular flexibility index (Phi) is 5.41. The van der Waals surface area contributed by atoms with Crippen molar-refractivity contribution in [1.29, 1.82) is 0 Å². The van der Waals surface area contributed by atoms with Gasteiger partial charge in [0, 0.05) is 37.0 Å². The molecule has 0 radical (unpaired) electrons. The van der Waals surface area contributed by atoms with E-state index in [4.69, 9.17) is 0 Å². The second-order valence-electron chi connectivity index (χ2n) is 6.77. The molecule has 0 bridgehead atoms. The first-order valence-corrected chi connectivity index (χ1v) is 9.95. The van der Waals surface area contributed by atoms with Crippen molar-refractivity contribution in [1.82, 2.24) is 14.9 Å². The highest BCUT2D eigenvalue weighted by molar-refractivity contribution is 7.18. The SMILES string of the molecule is FCCc1cc2c(NC3CCN(Cc4ccccc4)CC3)ncnc2s1. The molecule has 1 fully saturated rings. The van der Waals surface area contributed by atoms with Crippen molar-refractivity contribution in [2.45, 2.75) is 31.8 Å². The molecule has 2 aromatic heterocycles. The molecule has 1 saturated heterocycles. The third kappa shape index (κ3) is 4.02. The minimum absolute atomic E-state index is 0.330. The largest absolute Gasteiger partial charge is 0.367 e. The summed E-state index contributed by atoms with van der Waals surface area (Å²) in [5, 5.41) is 4.62. The monoisotopic (exact) mass is 370 g/mol. The average Bonchev–Trinajstić information content (AvgIpc) is 3.08. The maximum absolute atomic E-state index is 12.6. The molecule has 0 spiro atoms. The lowest BCUT2D eigenvalue weighted by Crippen LogP contribution is -2.38. The van der Waals surface area contributed by atoms with Gasteiger partial charge in [-0.05, 0) is 24.5 Å². The normalized spacial score (nSPS) is 16.2. The number of nitrogens with one attached hydrogen (secondary N) is 1. The first-order valence-electron chi connectivity index (χ1n) is 9.14. The molecular formula is C20H23FN4S. The molecule has 4 nitrogen and oxygen atoms in total. The number of nitrogens with zero attached hydrogens (tertiary/aromatic N) is 3. The van der Waals surface area contributed by atoms with Crippen molar-refractivity contribution in [3.8, 4) is 0 Å². The summed E-state index contributed by atoms with van der Waals surface area (Å²) in [6.07, 6.45) is 4.25. The highest BCUT2D eigenvalue weighted by Crippen LogP contribution is 2.29. The average molecular weight is 370 g/mol. The van der Waals surface area contributed by atoms with Gasteiger partial charge in [0.2, 0.25) is 0 Å². The summed E-state index contributed by atoms with van der Waals surface area (Å²) >= 11 is 1.56. The molecular weight excluding hydrogens is 347 g/mol. The van der Waals surface area contributed by atoms with Crippen LogP contribution in [-0.4, -0.2) is 40.7 Å². The van der Waals surface area contributed by atoms with Gasteiger partial charge in [-0.25, -0.2) is 9.97 Å². The number of likely N-dealkylation sites (tertiary alicyclic amines) is 1. The van der Waals surface area contributed by atoms with Gasteiger partial charge < -0.3 is 5.32 Å². The van der Waals surface area contributed by atoms with E-state index in [-0.39, 0.29) is 6.67 Å². The molecule has 3 heterocycles. The van der Waals surface area contributed by atoms with E-state index in [0.29, 0.717) is 12.5 Å². The maximum Gasteiger partial charge on any atom is 0.138 e. The molecule has 1 aromatic carbocycles. The predicted molar refractivity (Wildman–Crippen MR) is 105 cm³/mol. The Morgan fingerprint density at radius 2 is 1.96 bits per heavy atom. The minimum atomic E-state index is -0.330. The number of thiophene rings is 1. The van der Waals surface area contributed by atoms with E-state index in [0.717, 1.165) is 53.4 Å². The lowest BCUT2D eigenvalue weighted by Gasteiger charge is -2.32. The second-order valence-corrected chi connectivity index (χ2v) is 7.89. The van der Waals surface area contributed by atoms with Crippen LogP contribution < -0.4 is 5.32 Å². The van der Waals surface area contributed by atoms with Crippen LogP contribution in [0.3, 0.4) is 0 Å². The third-order valence-corrected chi connectivity index (χ3v) is 6.00. The fourth-order valence-electron chi connectivity index (χ4n) is 3.51. The van der Waals surface area contributed by atoms with Gasteiger partial charge >= 0.3 is 0 Å². The number of anilines is 1. The van der Waals surface area contributed by atoms with Gasteiger partial charge in [0.1, 0.15) is 17.0 Å². The molecule has 4 rings (SSSR count). The quantitative estimate of drug-likeness (QED) is 0.703. The van der Waals surface area contributed by atoms with Gasteiger partial charge in [-0.1, -0.05) is 30.3 Å². The summed E-state index contributed by atoms with van der Waals surface area (Å²) < 4.78 is 12.6. The third-order valence-electron chi connectivity index (χ3n) is 4.90. The number of aromatic nitrogens is 2. The Morgan fingerprint density at radius 1 is 1.15 bits per heavy atom. The van der Waals surface area contributed by atoms with Crippen LogP contribution in [0.4, 0.5) is 10.2 Å². The van der Waals surface area contributed by atoms with E-state index in [1.807, 2.05) is 6.07 Å². The van der Waals surface area contributed by atoms with Crippen molar-refractivity contribution in [3.05, 3.63) is 53.2 Å². The molecule has 1 aliphatic heterocycles. The Morgan fingerprint density at radius 3 is 2.73 bits per heavy atom. The standard InChI is InChI=1S/C20H23FN4S/c21-9-6-17-12-18-19(22-14-23-20(18)26-17)24-16-7-10-25(11-8-16)13-15-4-2-1-3-5-15/h1-5,12,14,16H,6-11,13H2,(H,22,23,24). The summed E-state index contributed by atoms with van der Waals surface area (Å²) in [6, 6.07) is 13.1. The summed E-state index contributed by atoms with van der Waals surface area (Å²) in [6.45, 7) is 2.85. The second kappa shape index (κ2) is 8.10. The zero-order chi connectivity index (χ0) is 17.8. The highest BCUT2D eigenvalue weighted by atomic mass is 32.1. The van der Waals surface area contributed by atoms with Crippen LogP contribution in [0.1, 0.15) is 23.3 Å². The topological polar surface area (TPSA) is 41.0 Å². The number of fused-ring (bicyclic) bond motifs is 1. The van der Waals surface area contributed by atoms with Crippen LogP contribution >= 0.6 is 11.3 Å². The number of halogens is 1. The number of hydrogen-bond acceptors (Lipinski definition) is 5. The van der Waals surface area contributed by atoms with Gasteiger partial charge in [0.15, 0.2) is 0 Å². The smallest absolute Gasteiger partial charge is 0.138 e. The molecule has 136 valence electrons. The van der Waals surface area contributed by atoms with E-state index >= 15 is 0 Å². The van der Waals surface area contributed by atoms with Crippen molar-refractivity contribution in [2.24, 2.45) is 0 Å². The fourth-order valence-corrected chi connectivity index (χ4v) is 4.48. The lowest BCUT2D eigenvalue weighted by atomic mass is 10.0. The number of alkyl halides is 1. The Balaban J connectivity index is 1.38. The lowest BCUT2D eigenvalue weighted by molar-refractivity contribution is 0.211. The predicted octanol–water partition coefficient (Wildman–Crippen LogP) is 4.28. The van der Waals surface area contributed by atoms with Gasteiger partial charge in [0.25, 0.3) is 0 Å². The highest BCUT2D eigenvalue weighted by Gasteiger charge is 2.20. The number of aryl methyl sites for hydroxylation is 1. The molecule has 0 saturated carbocycles. The zero-order valence-electron chi connectivity index (χ0n) is 14.7. The first kappa shape index (κ1) is 17.4. The Labute approximate surface area is 157 Å². The minimum Gasteiger partial charge on any atom is -0.367 e. The van der Waals surface area contributed by atoms with Gasteiger partial charge in [0.05, 0.1) is 12.1 Å². The number of rotatable bonds is 6. The van der Waals surface area contributed by atoms with E-state index in [1.54, 1.807) is 17.7 Å². The number of benzene rings is 1. The Hall–Kier alpha value is -2.05. The summed E-state index contributed by atoms with van der Waals surface area (Å²) in [4.78, 5) is 13.2. The molecule has 0 amide bonds. The van der Waals surface area contributed by atoms with Crippen LogP contribution in [0.15, 0.2) is 42.7 Å². The number of hydrogen-bond donors (Lipinski definition) is 1. The van der Waals surface area contributed by atoms with Crippen LogP contribution in [0.2, 0.25) is 0 Å². The van der Waals surface area contributed by atoms with Crippen LogP contribution in [0, 0.1) is 0 Å². The molecule has 3 aromatic rings. The van der Waals surface area contributed by atoms with Crippen molar-refractivity contribution in [2.75, 3.05) is 25.1 Å². The number of piperidine rings is 1. The van der Waals surface area contributed by atoms with Crippen molar-refractivity contribution in [3.63, 3.8) is 0 Å². The molecule has 0 atom stereocenters. The van der Waals surface area contributed by atoms with Gasteiger partial charge in [-0.3, -0.25) is 9.29 Å². The van der Waals surface area contributed by atoms with E-state index < -0.39 is 0 Å². The molecule has 6 heteroatoms. The van der Waals surface area contributed by atoms with Crippen molar-refractivity contribution >= 4 is 27.4 Å². The maximum atomic E-state index is 12.6. The van der Waals surface area contributed by atoms with E-state index in [1.165, 1.54) is 5.56 Å². The fraction of sp³-hybridized carbons (Fsp3) is 0.400. The molecule has 0 unspecified atom stereocenters. The molecule has 1 aliphatic rings. The van der Waals surface area contributed by atoms with Crippen LogP contribution in [-0.2, 0) is 13.0 Å². The van der Waals surface area contributed by atoms with Gasteiger partial charge in [-0.15, -0.1) is 11.3 Å².